The monoisotopic (exact) mass is 316 g/mol. The van der Waals surface area contributed by atoms with Gasteiger partial charge in [-0.2, -0.15) is 5.26 Å². The highest BCUT2D eigenvalue weighted by Gasteiger charge is 2.18. The third kappa shape index (κ3) is 4.51. The Morgan fingerprint density at radius 1 is 1.22 bits per heavy atom. The first-order valence-corrected chi connectivity index (χ1v) is 6.91. The molecule has 1 amide bonds. The third-order valence-electron chi connectivity index (χ3n) is 3.29. The van der Waals surface area contributed by atoms with Gasteiger partial charge >= 0.3 is 0 Å². The normalized spacial score (nSPS) is 11.5. The second kappa shape index (κ2) is 7.36. The molecule has 2 aromatic carbocycles. The number of nitriles is 1. The SMILES string of the molecule is N#C[C@H](NC(=O)CCc1ccc(O)cc1)c1ccc(F)cc1F. The van der Waals surface area contributed by atoms with Crippen LogP contribution < -0.4 is 5.32 Å². The van der Waals surface area contributed by atoms with E-state index in [2.05, 4.69) is 5.32 Å². The van der Waals surface area contributed by atoms with Crippen molar-refractivity contribution >= 4 is 5.91 Å². The third-order valence-corrected chi connectivity index (χ3v) is 3.29. The highest BCUT2D eigenvalue weighted by Crippen LogP contribution is 2.18. The Hall–Kier alpha value is -2.94. The molecule has 2 N–H and O–H groups in total. The number of aryl methyl sites for hydroxylation is 1. The predicted molar refractivity (Wildman–Crippen MR) is 79.3 cm³/mol. The Bertz CT molecular complexity index is 739. The number of aromatic hydroxyl groups is 1. The van der Waals surface area contributed by atoms with Crippen LogP contribution in [0.1, 0.15) is 23.6 Å². The van der Waals surface area contributed by atoms with Crippen LogP contribution in [0.25, 0.3) is 0 Å². The van der Waals surface area contributed by atoms with Crippen LogP contribution in [0.15, 0.2) is 42.5 Å². The van der Waals surface area contributed by atoms with Gasteiger partial charge in [-0.25, -0.2) is 8.78 Å². The maximum atomic E-state index is 13.7. The number of nitrogens with zero attached hydrogens (tertiary/aromatic N) is 1. The summed E-state index contributed by atoms with van der Waals surface area (Å²) in [5, 5.41) is 20.7. The van der Waals surface area contributed by atoms with E-state index in [-0.39, 0.29) is 17.7 Å². The molecule has 0 aliphatic heterocycles. The number of nitrogens with one attached hydrogen (secondary N) is 1. The van der Waals surface area contributed by atoms with Gasteiger partial charge in [-0.3, -0.25) is 4.79 Å². The zero-order valence-corrected chi connectivity index (χ0v) is 12.1. The lowest BCUT2D eigenvalue weighted by Gasteiger charge is -2.13. The number of carbonyl (C=O) groups excluding carboxylic acids is 1. The van der Waals surface area contributed by atoms with E-state index in [1.807, 2.05) is 0 Å². The number of carbonyl (C=O) groups is 1. The van der Waals surface area contributed by atoms with Gasteiger partial charge in [-0.15, -0.1) is 0 Å². The van der Waals surface area contributed by atoms with Crippen LogP contribution in [0.4, 0.5) is 8.78 Å². The number of benzene rings is 2. The van der Waals surface area contributed by atoms with Crippen molar-refractivity contribution in [3.05, 3.63) is 65.2 Å². The Morgan fingerprint density at radius 3 is 2.52 bits per heavy atom. The van der Waals surface area contributed by atoms with Gasteiger partial charge < -0.3 is 10.4 Å². The molecule has 0 unspecified atom stereocenters. The van der Waals surface area contributed by atoms with Crippen molar-refractivity contribution in [2.75, 3.05) is 0 Å². The van der Waals surface area contributed by atoms with Gasteiger partial charge in [-0.1, -0.05) is 18.2 Å². The number of phenols is 1. The molecule has 1 atom stereocenters. The lowest BCUT2D eigenvalue weighted by molar-refractivity contribution is -0.121. The fourth-order valence-electron chi connectivity index (χ4n) is 2.07. The molecule has 6 heteroatoms. The molecule has 0 radical (unpaired) electrons. The van der Waals surface area contributed by atoms with Crippen molar-refractivity contribution in [1.82, 2.24) is 5.32 Å². The summed E-state index contributed by atoms with van der Waals surface area (Å²) in [4.78, 5) is 11.9. The Morgan fingerprint density at radius 2 is 1.91 bits per heavy atom. The lowest BCUT2D eigenvalue weighted by Crippen LogP contribution is -2.28. The van der Waals surface area contributed by atoms with Crippen LogP contribution in [0.3, 0.4) is 0 Å². The van der Waals surface area contributed by atoms with Crippen molar-refractivity contribution in [1.29, 1.82) is 5.26 Å². The maximum absolute atomic E-state index is 13.7. The fourth-order valence-corrected chi connectivity index (χ4v) is 2.07. The molecule has 0 aromatic heterocycles. The quantitative estimate of drug-likeness (QED) is 0.890. The molecule has 0 saturated heterocycles. The summed E-state index contributed by atoms with van der Waals surface area (Å²) in [5.74, 6) is -1.92. The molecule has 23 heavy (non-hydrogen) atoms. The fraction of sp³-hybridized carbons (Fsp3) is 0.176. The van der Waals surface area contributed by atoms with Gasteiger partial charge in [0.15, 0.2) is 0 Å². The molecule has 2 rings (SSSR count). The summed E-state index contributed by atoms with van der Waals surface area (Å²) in [5.41, 5.74) is 0.770. The number of halogens is 2. The van der Waals surface area contributed by atoms with Crippen molar-refractivity contribution in [3.63, 3.8) is 0 Å². The van der Waals surface area contributed by atoms with Crippen LogP contribution in [-0.2, 0) is 11.2 Å². The highest BCUT2D eigenvalue weighted by atomic mass is 19.1. The number of rotatable bonds is 5. The minimum absolute atomic E-state index is 0.0770. The van der Waals surface area contributed by atoms with Crippen LogP contribution in [0.5, 0.6) is 5.75 Å². The van der Waals surface area contributed by atoms with E-state index in [1.165, 1.54) is 12.1 Å². The molecule has 0 bridgehead atoms. The predicted octanol–water partition coefficient (Wildman–Crippen LogP) is 2.98. The summed E-state index contributed by atoms with van der Waals surface area (Å²) >= 11 is 0. The van der Waals surface area contributed by atoms with Gasteiger partial charge in [0.2, 0.25) is 5.91 Å². The van der Waals surface area contributed by atoms with E-state index in [1.54, 1.807) is 18.2 Å². The van der Waals surface area contributed by atoms with Crippen molar-refractivity contribution < 1.29 is 18.7 Å². The number of amides is 1. The summed E-state index contributed by atoms with van der Waals surface area (Å²) < 4.78 is 26.5. The minimum atomic E-state index is -1.18. The maximum Gasteiger partial charge on any atom is 0.221 e. The second-order valence-electron chi connectivity index (χ2n) is 4.96. The molecule has 118 valence electrons. The van der Waals surface area contributed by atoms with Gasteiger partial charge in [0.05, 0.1) is 6.07 Å². The molecule has 0 aliphatic carbocycles. The summed E-state index contributed by atoms with van der Waals surface area (Å²) in [6.07, 6.45) is 0.516. The Balaban J connectivity index is 1.97. The van der Waals surface area contributed by atoms with Crippen LogP contribution in [0.2, 0.25) is 0 Å². The first-order valence-electron chi connectivity index (χ1n) is 6.91. The molecule has 0 spiro atoms. The minimum Gasteiger partial charge on any atom is -0.508 e. The average Bonchev–Trinajstić information content (AvgIpc) is 2.52. The van der Waals surface area contributed by atoms with E-state index in [4.69, 9.17) is 5.26 Å². The summed E-state index contributed by atoms with van der Waals surface area (Å²) in [6, 6.07) is 9.84. The molecule has 2 aromatic rings. The van der Waals surface area contributed by atoms with E-state index >= 15 is 0 Å². The number of phenolic OH excluding ortho intramolecular Hbond substituents is 1. The lowest BCUT2D eigenvalue weighted by atomic mass is 10.1. The molecule has 4 nitrogen and oxygen atoms in total. The largest absolute Gasteiger partial charge is 0.508 e. The molecule has 0 saturated carbocycles. The van der Waals surface area contributed by atoms with Gasteiger partial charge in [0.25, 0.3) is 0 Å². The van der Waals surface area contributed by atoms with Crippen LogP contribution in [0, 0.1) is 23.0 Å². The molecule has 0 heterocycles. The summed E-state index contributed by atoms with van der Waals surface area (Å²) in [6.45, 7) is 0. The standard InChI is InChI=1S/C17H14F2N2O2/c18-12-4-7-14(15(19)9-12)16(10-20)21-17(23)8-3-11-1-5-13(22)6-2-11/h1-2,4-7,9,16,22H,3,8H2,(H,21,23)/t16-/m0/s1. The van der Waals surface area contributed by atoms with E-state index < -0.39 is 23.6 Å². The van der Waals surface area contributed by atoms with Crippen molar-refractivity contribution in [3.8, 4) is 11.8 Å². The first-order chi connectivity index (χ1) is 11.0. The zero-order chi connectivity index (χ0) is 16.8. The Kier molecular flexibility index (Phi) is 5.26. The van der Waals surface area contributed by atoms with Crippen LogP contribution >= 0.6 is 0 Å². The average molecular weight is 316 g/mol. The van der Waals surface area contributed by atoms with Crippen molar-refractivity contribution in [2.24, 2.45) is 0 Å². The van der Waals surface area contributed by atoms with Gasteiger partial charge in [0, 0.05) is 18.1 Å². The molecule has 0 aliphatic rings. The van der Waals surface area contributed by atoms with Crippen molar-refractivity contribution in [2.45, 2.75) is 18.9 Å². The van der Waals surface area contributed by atoms with Gasteiger partial charge in [-0.05, 0) is 30.2 Å². The van der Waals surface area contributed by atoms with E-state index in [0.717, 1.165) is 17.7 Å². The molecular weight excluding hydrogens is 302 g/mol. The topological polar surface area (TPSA) is 73.1 Å². The van der Waals surface area contributed by atoms with E-state index in [0.29, 0.717) is 12.5 Å². The molecule has 0 fully saturated rings. The number of hydrogen-bond acceptors (Lipinski definition) is 3. The molecular formula is C17H14F2N2O2. The van der Waals surface area contributed by atoms with Gasteiger partial charge in [0.1, 0.15) is 23.4 Å². The van der Waals surface area contributed by atoms with Crippen LogP contribution in [-0.4, -0.2) is 11.0 Å². The Labute approximate surface area is 132 Å². The smallest absolute Gasteiger partial charge is 0.221 e. The zero-order valence-electron chi connectivity index (χ0n) is 12.1. The highest BCUT2D eigenvalue weighted by molar-refractivity contribution is 5.77. The number of hydrogen-bond donors (Lipinski definition) is 2. The first kappa shape index (κ1) is 16.4. The van der Waals surface area contributed by atoms with E-state index in [9.17, 15) is 18.7 Å². The summed E-state index contributed by atoms with van der Waals surface area (Å²) in [7, 11) is 0. The second-order valence-corrected chi connectivity index (χ2v) is 4.96.